The lowest BCUT2D eigenvalue weighted by atomic mass is 9.96. The molecule has 3 aromatic heterocycles. The molecule has 27 heteroatoms. The van der Waals surface area contributed by atoms with Crippen molar-refractivity contribution in [2.75, 3.05) is 26.2 Å². The van der Waals surface area contributed by atoms with Crippen molar-refractivity contribution in [2.24, 2.45) is 23.5 Å². The minimum Gasteiger partial charge on any atom is -0.480 e. The van der Waals surface area contributed by atoms with E-state index in [0.29, 0.717) is 80.7 Å². The molecule has 8 amide bonds. The number of rotatable bonds is 37. The Morgan fingerprint density at radius 2 is 1.19 bits per heavy atom. The predicted molar refractivity (Wildman–Crippen MR) is 325 cm³/mol. The first-order chi connectivity index (χ1) is 42.2. The fourth-order valence-corrected chi connectivity index (χ4v) is 10.9. The number of imidazole rings is 3. The van der Waals surface area contributed by atoms with E-state index in [-0.39, 0.29) is 69.4 Å². The van der Waals surface area contributed by atoms with Crippen molar-refractivity contribution in [3.8, 4) is 0 Å². The molecule has 2 aliphatic heterocycles. The van der Waals surface area contributed by atoms with Gasteiger partial charge in [0.25, 0.3) is 0 Å². The molecular formula is C61H92N16O11. The number of benzene rings is 1. The third kappa shape index (κ3) is 21.7. The highest BCUT2D eigenvalue weighted by molar-refractivity contribution is 5.97. The van der Waals surface area contributed by atoms with E-state index in [1.165, 1.54) is 36.3 Å². The average Bonchev–Trinajstić information content (AvgIpc) is 4.53. The number of ether oxygens (including phenoxy) is 1. The second-order valence-electron chi connectivity index (χ2n) is 24.0. The molecule has 0 spiro atoms. The van der Waals surface area contributed by atoms with Crippen LogP contribution >= 0.6 is 0 Å². The molecule has 0 bridgehead atoms. The topological polar surface area (TPSA) is 395 Å². The lowest BCUT2D eigenvalue weighted by Gasteiger charge is -2.31. The number of aromatic amines is 3. The summed E-state index contributed by atoms with van der Waals surface area (Å²) in [5.41, 5.74) is 7.96. The number of aromatic nitrogens is 6. The van der Waals surface area contributed by atoms with Crippen LogP contribution in [-0.4, -0.2) is 180 Å². The summed E-state index contributed by atoms with van der Waals surface area (Å²) in [6, 6.07) is -0.242. The maximum atomic E-state index is 14.8. The molecule has 0 saturated carbocycles. The van der Waals surface area contributed by atoms with E-state index in [4.69, 9.17) is 10.5 Å². The first kappa shape index (κ1) is 69.1. The standard InChI is InChI=1S/C61H92N16O11/c1-7-38(6)52(59(84)74-48(27-41-30-64-34-68-41)56(81)71-45(61(86)87)17-11-12-20-62)76-58(83)51(24-37(4)5)88-32-43(23-36(2)3)70-54(79)47(26-40-29-63-33-67-40)72-55(80)46(25-39-15-9-8-10-16-39)73-57(82)50-19-14-22-77(50)60(85)49(28-42-31-65-35-69-42)75-53(78)44-18-13-21-66-44/h8-10,15-16,29-31,33-38,43-52,66H,7,11-14,17-28,32,62H2,1-6H3,(H,63,67)(H,64,68)(H,65,69)(H,70,79)(H,71,81)(H,72,80)(H,73,82)(H,74,84)(H,75,78)(H,76,83)(H,86,87)/t38-,43-,44-,45+,46-,47-,48-,49-,50-,51-,52-/m0/s1. The monoisotopic (exact) mass is 1220 g/mol. The summed E-state index contributed by atoms with van der Waals surface area (Å²) >= 11 is 0. The zero-order chi connectivity index (χ0) is 63.7. The lowest BCUT2D eigenvalue weighted by molar-refractivity contribution is -0.143. The van der Waals surface area contributed by atoms with Crippen molar-refractivity contribution in [1.29, 1.82) is 0 Å². The van der Waals surface area contributed by atoms with Gasteiger partial charge in [0.15, 0.2) is 0 Å². The van der Waals surface area contributed by atoms with Gasteiger partial charge >= 0.3 is 5.97 Å². The zero-order valence-corrected chi connectivity index (χ0v) is 51.5. The molecule has 1 aromatic carbocycles. The summed E-state index contributed by atoms with van der Waals surface area (Å²) in [7, 11) is 0. The number of aliphatic carboxylic acids is 1. The Balaban J connectivity index is 1.17. The van der Waals surface area contributed by atoms with Crippen LogP contribution in [0.5, 0.6) is 0 Å². The summed E-state index contributed by atoms with van der Waals surface area (Å²) in [4.78, 5) is 149. The van der Waals surface area contributed by atoms with Gasteiger partial charge in [0, 0.05) is 67.9 Å². The van der Waals surface area contributed by atoms with Crippen LogP contribution in [0.15, 0.2) is 67.9 Å². The van der Waals surface area contributed by atoms with E-state index in [0.717, 1.165) is 6.42 Å². The fourth-order valence-electron chi connectivity index (χ4n) is 10.9. The van der Waals surface area contributed by atoms with Crippen LogP contribution < -0.4 is 48.3 Å². The van der Waals surface area contributed by atoms with Crippen LogP contribution in [0.2, 0.25) is 0 Å². The number of likely N-dealkylation sites (tertiary alicyclic amines) is 1. The maximum absolute atomic E-state index is 14.8. The van der Waals surface area contributed by atoms with E-state index in [2.05, 4.69) is 72.4 Å². The van der Waals surface area contributed by atoms with Crippen LogP contribution in [0.25, 0.3) is 0 Å². The molecule has 4 aromatic rings. The quantitative estimate of drug-likeness (QED) is 0.0280. The van der Waals surface area contributed by atoms with Crippen LogP contribution in [-0.2, 0) is 73.6 Å². The van der Waals surface area contributed by atoms with Gasteiger partial charge < -0.3 is 78.0 Å². The summed E-state index contributed by atoms with van der Waals surface area (Å²) < 4.78 is 6.44. The second-order valence-corrected chi connectivity index (χ2v) is 24.0. The van der Waals surface area contributed by atoms with Crippen molar-refractivity contribution >= 4 is 53.2 Å². The largest absolute Gasteiger partial charge is 0.480 e. The van der Waals surface area contributed by atoms with E-state index in [1.54, 1.807) is 25.3 Å². The number of nitrogens with zero attached hydrogens (tertiary/aromatic N) is 4. The highest BCUT2D eigenvalue weighted by atomic mass is 16.5. The van der Waals surface area contributed by atoms with Crippen molar-refractivity contribution in [3.63, 3.8) is 0 Å². The molecule has 27 nitrogen and oxygen atoms in total. The summed E-state index contributed by atoms with van der Waals surface area (Å²) in [6.07, 6.45) is 12.2. The molecular weight excluding hydrogens is 1130 g/mol. The molecule has 2 saturated heterocycles. The Bertz CT molecular complexity index is 2830. The van der Waals surface area contributed by atoms with E-state index in [9.17, 15) is 48.3 Å². The van der Waals surface area contributed by atoms with E-state index < -0.39 is 114 Å². The first-order valence-electron chi connectivity index (χ1n) is 30.9. The number of carboxylic acid groups (broad SMARTS) is 1. The lowest BCUT2D eigenvalue weighted by Crippen LogP contribution is -2.60. The number of hydrogen-bond donors (Lipinski definition) is 13. The molecule has 482 valence electrons. The number of nitrogens with one attached hydrogen (secondary N) is 11. The number of unbranched alkanes of at least 4 members (excludes halogenated alkanes) is 1. The minimum atomic E-state index is -1.26. The Morgan fingerprint density at radius 1 is 0.636 bits per heavy atom. The smallest absolute Gasteiger partial charge is 0.326 e. The maximum Gasteiger partial charge on any atom is 0.326 e. The van der Waals surface area contributed by atoms with Crippen LogP contribution in [0, 0.1) is 17.8 Å². The van der Waals surface area contributed by atoms with Crippen molar-refractivity contribution in [2.45, 2.75) is 192 Å². The third-order valence-corrected chi connectivity index (χ3v) is 15.9. The van der Waals surface area contributed by atoms with Crippen molar-refractivity contribution in [3.05, 3.63) is 90.5 Å². The Labute approximate surface area is 514 Å². The number of carbonyl (C=O) groups is 9. The molecule has 2 fully saturated rings. The van der Waals surface area contributed by atoms with Gasteiger partial charge in [0.05, 0.1) is 37.7 Å². The normalized spacial score (nSPS) is 18.0. The molecule has 88 heavy (non-hydrogen) atoms. The molecule has 11 atom stereocenters. The highest BCUT2D eigenvalue weighted by Crippen LogP contribution is 2.22. The number of hydrogen-bond acceptors (Lipinski definition) is 15. The number of H-pyrrole nitrogens is 3. The Morgan fingerprint density at radius 3 is 1.73 bits per heavy atom. The van der Waals surface area contributed by atoms with Crippen LogP contribution in [0.3, 0.4) is 0 Å². The molecule has 5 heterocycles. The van der Waals surface area contributed by atoms with Crippen molar-refractivity contribution in [1.82, 2.24) is 77.3 Å². The number of amides is 8. The van der Waals surface area contributed by atoms with Crippen LogP contribution in [0.4, 0.5) is 0 Å². The summed E-state index contributed by atoms with van der Waals surface area (Å²) in [5, 5.41) is 33.1. The predicted octanol–water partition coefficient (Wildman–Crippen LogP) is 1.00. The Hall–Kier alpha value is -8.04. The molecule has 6 rings (SSSR count). The first-order valence-corrected chi connectivity index (χ1v) is 30.9. The van der Waals surface area contributed by atoms with Gasteiger partial charge in [-0.2, -0.15) is 0 Å². The van der Waals surface area contributed by atoms with Crippen molar-refractivity contribution < 1.29 is 53.0 Å². The van der Waals surface area contributed by atoms with Gasteiger partial charge in [-0.05, 0) is 94.2 Å². The number of carbonyl (C=O) groups excluding carboxylic acids is 8. The molecule has 14 N–H and O–H groups in total. The summed E-state index contributed by atoms with van der Waals surface area (Å²) in [6.45, 7) is 12.5. The third-order valence-electron chi connectivity index (χ3n) is 15.9. The second kappa shape index (κ2) is 35.1. The minimum absolute atomic E-state index is 0.00265. The van der Waals surface area contributed by atoms with Gasteiger partial charge in [-0.1, -0.05) is 78.3 Å². The van der Waals surface area contributed by atoms with E-state index in [1.807, 2.05) is 52.8 Å². The SMILES string of the molecule is CC[C@H](C)[C@H](NC(=O)[C@H](CC(C)C)OC[C@H](CC(C)C)NC(=O)[C@H](Cc1cnc[nH]1)NC(=O)[C@H](Cc1ccccc1)NC(=O)[C@@H]1CCCN1C(=O)[C@H](Cc1cnc[nH]1)NC(=O)[C@@H]1CCCN1)C(=O)N[C@@H](Cc1cnc[nH]1)C(=O)N[C@H](CCCCN)C(=O)O. The van der Waals surface area contributed by atoms with Gasteiger partial charge in [-0.3, -0.25) is 38.4 Å². The fraction of sp³-hybridized carbons (Fsp3) is 0.607. The van der Waals surface area contributed by atoms with Gasteiger partial charge in [-0.25, -0.2) is 19.7 Å². The molecule has 0 radical (unpaired) electrons. The van der Waals surface area contributed by atoms with Gasteiger partial charge in [0.1, 0.15) is 48.4 Å². The van der Waals surface area contributed by atoms with Gasteiger partial charge in [-0.15, -0.1) is 0 Å². The highest BCUT2D eigenvalue weighted by Gasteiger charge is 2.41. The van der Waals surface area contributed by atoms with E-state index >= 15 is 0 Å². The number of nitrogens with two attached hydrogens (primary N) is 1. The Kier molecular flexibility index (Phi) is 27.5. The molecule has 0 aliphatic carbocycles. The summed E-state index contributed by atoms with van der Waals surface area (Å²) in [5.74, 6) is -6.41. The van der Waals surface area contributed by atoms with Gasteiger partial charge in [0.2, 0.25) is 47.3 Å². The molecule has 2 aliphatic rings. The number of carboxylic acids is 1. The zero-order valence-electron chi connectivity index (χ0n) is 51.5. The average molecular weight is 1230 g/mol. The van der Waals surface area contributed by atoms with Crippen LogP contribution in [0.1, 0.15) is 128 Å². The molecule has 0 unspecified atom stereocenters.